The number of hydrogen-bond acceptors (Lipinski definition) is 3. The molecule has 0 saturated carbocycles. The Bertz CT molecular complexity index is 1070. The molecule has 2 aromatic heterocycles. The molecule has 0 radical (unpaired) electrons. The minimum Gasteiger partial charge on any atom is -0.342 e. The molecule has 0 fully saturated rings. The summed E-state index contributed by atoms with van der Waals surface area (Å²) in [5.74, 6) is 0.950. The van der Waals surface area contributed by atoms with Gasteiger partial charge in [-0.2, -0.15) is 0 Å². The van der Waals surface area contributed by atoms with E-state index in [4.69, 9.17) is 11.6 Å². The zero-order valence-electron chi connectivity index (χ0n) is 16.9. The van der Waals surface area contributed by atoms with Gasteiger partial charge in [0.1, 0.15) is 11.3 Å². The monoisotopic (exact) mass is 402 g/mol. The Hall–Kier alpha value is -2.34. The minimum absolute atomic E-state index is 0.146. The van der Waals surface area contributed by atoms with E-state index in [1.807, 2.05) is 4.40 Å². The summed E-state index contributed by atoms with van der Waals surface area (Å²) in [5.41, 5.74) is 2.00. The van der Waals surface area contributed by atoms with Crippen molar-refractivity contribution in [3.63, 3.8) is 0 Å². The molecule has 0 unspecified atom stereocenters. The minimum atomic E-state index is -0.225. The number of carbonyl (C=O) groups is 1. The first kappa shape index (κ1) is 20.4. The number of benzene rings is 1. The number of nitrogens with one attached hydrogen (secondary N) is 1. The van der Waals surface area contributed by atoms with Crippen LogP contribution in [0, 0.1) is 0 Å². The third-order valence-corrected chi connectivity index (χ3v) is 5.68. The number of fused-ring (bicyclic) bond motifs is 3. The van der Waals surface area contributed by atoms with Gasteiger partial charge in [-0.3, -0.25) is 14.0 Å². The van der Waals surface area contributed by atoms with Crippen molar-refractivity contribution in [1.82, 2.24) is 19.3 Å². The molecule has 1 amide bonds. The topological polar surface area (TPSA) is 70.5 Å². The Morgan fingerprint density at radius 3 is 2.61 bits per heavy atom. The second-order valence-electron chi connectivity index (χ2n) is 7.23. The van der Waals surface area contributed by atoms with E-state index in [1.165, 1.54) is 0 Å². The van der Waals surface area contributed by atoms with E-state index in [1.54, 1.807) is 30.3 Å². The third-order valence-electron chi connectivity index (χ3n) is 5.37. The lowest BCUT2D eigenvalue weighted by atomic mass is 10.0. The Kier molecular flexibility index (Phi) is 6.08. The number of unbranched alkanes of at least 4 members (excludes halogenated alkanes) is 1. The Balaban J connectivity index is 2.20. The van der Waals surface area contributed by atoms with Crippen molar-refractivity contribution in [3.8, 4) is 0 Å². The van der Waals surface area contributed by atoms with Gasteiger partial charge < -0.3 is 9.88 Å². The lowest BCUT2D eigenvalue weighted by Crippen LogP contribution is -2.28. The first-order valence-electron chi connectivity index (χ1n) is 9.91. The summed E-state index contributed by atoms with van der Waals surface area (Å²) in [6, 6.07) is 3.44. The molecule has 7 heteroatoms. The predicted octanol–water partition coefficient (Wildman–Crippen LogP) is 4.60. The molecule has 2 heterocycles. The molecule has 3 aromatic rings. The van der Waals surface area contributed by atoms with Gasteiger partial charge >= 0.3 is 0 Å². The first-order chi connectivity index (χ1) is 13.4. The van der Waals surface area contributed by atoms with Gasteiger partial charge in [0, 0.05) is 19.5 Å². The van der Waals surface area contributed by atoms with Crippen molar-refractivity contribution in [2.75, 3.05) is 13.6 Å². The van der Waals surface area contributed by atoms with Crippen molar-refractivity contribution in [1.29, 1.82) is 0 Å². The van der Waals surface area contributed by atoms with Crippen molar-refractivity contribution in [2.45, 2.75) is 52.4 Å². The van der Waals surface area contributed by atoms with Gasteiger partial charge in [-0.25, -0.2) is 4.98 Å². The molecule has 3 rings (SSSR count). The maximum absolute atomic E-state index is 12.8. The van der Waals surface area contributed by atoms with Crippen LogP contribution in [0.3, 0.4) is 0 Å². The van der Waals surface area contributed by atoms with E-state index in [0.717, 1.165) is 37.0 Å². The van der Waals surface area contributed by atoms with Crippen molar-refractivity contribution >= 4 is 34.1 Å². The molecule has 150 valence electrons. The first-order valence-corrected chi connectivity index (χ1v) is 10.3. The van der Waals surface area contributed by atoms with E-state index in [2.05, 4.69) is 30.7 Å². The number of rotatable bonds is 7. The molecule has 0 aliphatic carbocycles. The number of carbonyl (C=O) groups excluding carboxylic acids is 1. The third kappa shape index (κ3) is 3.53. The number of hydrogen-bond donors (Lipinski definition) is 1. The van der Waals surface area contributed by atoms with Gasteiger partial charge in [-0.05, 0) is 31.4 Å². The summed E-state index contributed by atoms with van der Waals surface area (Å²) < 4.78 is 1.88. The van der Waals surface area contributed by atoms with Gasteiger partial charge in [0.2, 0.25) is 0 Å². The highest BCUT2D eigenvalue weighted by atomic mass is 35.5. The van der Waals surface area contributed by atoms with Crippen LogP contribution in [0.25, 0.3) is 16.6 Å². The Labute approximate surface area is 169 Å². The number of aromatic amines is 1. The van der Waals surface area contributed by atoms with E-state index >= 15 is 0 Å². The molecule has 1 aromatic carbocycles. The largest absolute Gasteiger partial charge is 0.342 e. The smallest absolute Gasteiger partial charge is 0.274 e. The lowest BCUT2D eigenvalue weighted by Gasteiger charge is -2.18. The zero-order valence-corrected chi connectivity index (χ0v) is 17.6. The average molecular weight is 403 g/mol. The van der Waals surface area contributed by atoms with Crippen LogP contribution >= 0.6 is 11.6 Å². The van der Waals surface area contributed by atoms with Crippen molar-refractivity contribution < 1.29 is 4.79 Å². The maximum atomic E-state index is 12.8. The fourth-order valence-electron chi connectivity index (χ4n) is 3.62. The summed E-state index contributed by atoms with van der Waals surface area (Å²) in [6.45, 7) is 6.97. The molecule has 6 nitrogen and oxygen atoms in total. The number of amides is 1. The van der Waals surface area contributed by atoms with Crippen LogP contribution in [0.5, 0.6) is 0 Å². The van der Waals surface area contributed by atoms with Gasteiger partial charge in [-0.15, -0.1) is 0 Å². The molecule has 0 aliphatic heterocycles. The van der Waals surface area contributed by atoms with Crippen LogP contribution < -0.4 is 5.56 Å². The van der Waals surface area contributed by atoms with E-state index in [-0.39, 0.29) is 17.4 Å². The van der Waals surface area contributed by atoms with Gasteiger partial charge in [0.15, 0.2) is 0 Å². The average Bonchev–Trinajstić information content (AvgIpc) is 3.13. The summed E-state index contributed by atoms with van der Waals surface area (Å²) >= 11 is 6.51. The van der Waals surface area contributed by atoms with Crippen LogP contribution in [0.15, 0.2) is 23.1 Å². The number of aromatic nitrogens is 3. The molecule has 0 aliphatic rings. The number of halogens is 1. The SMILES string of the molecule is CCCCN(C)C(=O)c1cc2[nH]c(=O)c3cnc(C(CC)CC)n3c2cc1Cl. The molecular weight excluding hydrogens is 376 g/mol. The number of imidazole rings is 1. The molecular formula is C21H27ClN4O2. The Morgan fingerprint density at radius 2 is 1.96 bits per heavy atom. The predicted molar refractivity (Wildman–Crippen MR) is 114 cm³/mol. The van der Waals surface area contributed by atoms with Gasteiger partial charge in [0.05, 0.1) is 27.8 Å². The second kappa shape index (κ2) is 8.35. The summed E-state index contributed by atoms with van der Waals surface area (Å²) in [5, 5.41) is 0.374. The molecule has 1 N–H and O–H groups in total. The van der Waals surface area contributed by atoms with Gasteiger partial charge in [0.25, 0.3) is 11.5 Å². The van der Waals surface area contributed by atoms with Crippen LogP contribution in [0.1, 0.15) is 68.6 Å². The highest BCUT2D eigenvalue weighted by molar-refractivity contribution is 6.34. The van der Waals surface area contributed by atoms with E-state index in [9.17, 15) is 9.59 Å². The highest BCUT2D eigenvalue weighted by Gasteiger charge is 2.20. The van der Waals surface area contributed by atoms with Crippen molar-refractivity contribution in [3.05, 3.63) is 45.1 Å². The molecule has 0 atom stereocenters. The zero-order chi connectivity index (χ0) is 20.4. The number of H-pyrrole nitrogens is 1. The summed E-state index contributed by atoms with van der Waals surface area (Å²) in [6.07, 6.45) is 5.40. The second-order valence-corrected chi connectivity index (χ2v) is 7.64. The quantitative estimate of drug-likeness (QED) is 0.627. The summed E-state index contributed by atoms with van der Waals surface area (Å²) in [4.78, 5) is 34.5. The number of nitrogens with zero attached hydrogens (tertiary/aromatic N) is 3. The molecule has 0 bridgehead atoms. The fourth-order valence-corrected chi connectivity index (χ4v) is 3.86. The van der Waals surface area contributed by atoms with Crippen LogP contribution in [0.2, 0.25) is 5.02 Å². The fraction of sp³-hybridized carbons (Fsp3) is 0.476. The molecule has 0 saturated heterocycles. The van der Waals surface area contributed by atoms with Crippen LogP contribution in [-0.2, 0) is 0 Å². The highest BCUT2D eigenvalue weighted by Crippen LogP contribution is 2.28. The van der Waals surface area contributed by atoms with Gasteiger partial charge in [-0.1, -0.05) is 38.8 Å². The molecule has 0 spiro atoms. The van der Waals surface area contributed by atoms with E-state index < -0.39 is 0 Å². The maximum Gasteiger partial charge on any atom is 0.274 e. The van der Waals surface area contributed by atoms with E-state index in [0.29, 0.717) is 28.2 Å². The van der Waals surface area contributed by atoms with Crippen LogP contribution in [-0.4, -0.2) is 38.8 Å². The summed E-state index contributed by atoms with van der Waals surface area (Å²) in [7, 11) is 1.77. The molecule has 28 heavy (non-hydrogen) atoms. The Morgan fingerprint density at radius 1 is 1.25 bits per heavy atom. The lowest BCUT2D eigenvalue weighted by molar-refractivity contribution is 0.0793. The van der Waals surface area contributed by atoms with Crippen molar-refractivity contribution in [2.24, 2.45) is 0 Å². The van der Waals surface area contributed by atoms with Crippen LogP contribution in [0.4, 0.5) is 0 Å². The standard InChI is InChI=1S/C21H27ClN4O2/c1-5-8-9-25(4)21(28)14-10-16-17(11-15(14)22)26-18(20(27)24-16)12-23-19(26)13(6-2)7-3/h10-13H,5-9H2,1-4H3,(H,24,27). The normalized spacial score (nSPS) is 11.6.